The molecule has 0 aromatic heterocycles. The first-order chi connectivity index (χ1) is 11.6. The van der Waals surface area contributed by atoms with E-state index < -0.39 is 15.7 Å². The minimum absolute atomic E-state index is 0.0170. The molecule has 1 aliphatic heterocycles. The first-order valence-electron chi connectivity index (χ1n) is 7.95. The molecule has 132 valence electrons. The third kappa shape index (κ3) is 3.54. The minimum Gasteiger partial charge on any atom is -0.486 e. The molecular formula is C19H20O5S. The average molecular weight is 360 g/mol. The zero-order chi connectivity index (χ0) is 18.4. The Balaban J connectivity index is 1.98. The highest BCUT2D eigenvalue weighted by Crippen LogP contribution is 2.38. The molecule has 0 bridgehead atoms. The second-order valence-electron chi connectivity index (χ2n) is 6.93. The third-order valence-corrected chi connectivity index (χ3v) is 5.30. The molecule has 0 aliphatic carbocycles. The van der Waals surface area contributed by atoms with Crippen molar-refractivity contribution in [2.45, 2.75) is 44.6 Å². The van der Waals surface area contributed by atoms with Gasteiger partial charge in [-0.05, 0) is 51.5 Å². The number of aryl methyl sites for hydroxylation is 2. The topological polar surface area (TPSA) is 69.7 Å². The predicted octanol–water partition coefficient (Wildman–Crippen LogP) is 3.81. The van der Waals surface area contributed by atoms with Gasteiger partial charge >= 0.3 is 10.1 Å². The molecule has 1 aliphatic rings. The second-order valence-corrected chi connectivity index (χ2v) is 8.47. The van der Waals surface area contributed by atoms with E-state index in [4.69, 9.17) is 8.92 Å². The molecule has 2 aromatic carbocycles. The fourth-order valence-corrected chi connectivity index (χ4v) is 3.81. The average Bonchev–Trinajstić information content (AvgIpc) is 2.44. The van der Waals surface area contributed by atoms with E-state index in [1.165, 1.54) is 18.2 Å². The molecule has 0 N–H and O–H groups in total. The fourth-order valence-electron chi connectivity index (χ4n) is 2.90. The van der Waals surface area contributed by atoms with Crippen LogP contribution < -0.4 is 8.92 Å². The number of carbonyl (C=O) groups is 1. The van der Waals surface area contributed by atoms with Gasteiger partial charge in [-0.15, -0.1) is 0 Å². The van der Waals surface area contributed by atoms with E-state index in [9.17, 15) is 13.2 Å². The number of hydrogen-bond acceptors (Lipinski definition) is 5. The van der Waals surface area contributed by atoms with E-state index in [0.717, 1.165) is 5.56 Å². The van der Waals surface area contributed by atoms with Crippen molar-refractivity contribution in [3.63, 3.8) is 0 Å². The van der Waals surface area contributed by atoms with Gasteiger partial charge in [0.2, 0.25) is 0 Å². The maximum Gasteiger partial charge on any atom is 0.339 e. The smallest absolute Gasteiger partial charge is 0.339 e. The van der Waals surface area contributed by atoms with Crippen LogP contribution in [0.1, 0.15) is 41.8 Å². The summed E-state index contributed by atoms with van der Waals surface area (Å²) in [7, 11) is -3.96. The number of Topliss-reactive ketones (excluding diaryl/α,β-unsaturated/α-hetero) is 1. The summed E-state index contributed by atoms with van der Waals surface area (Å²) in [5.41, 5.74) is 1.44. The highest BCUT2D eigenvalue weighted by atomic mass is 32.2. The standard InChI is InChI=1S/C19H20O5S/c1-12-5-7-15(8-6-12)25(21,22)24-14-9-13(2)18-16(20)11-19(3,4)23-17(18)10-14/h5-10H,11H2,1-4H3. The van der Waals surface area contributed by atoms with Crippen LogP contribution in [0.15, 0.2) is 41.3 Å². The van der Waals surface area contributed by atoms with E-state index in [-0.39, 0.29) is 22.8 Å². The van der Waals surface area contributed by atoms with Crippen LogP contribution in [0.2, 0.25) is 0 Å². The van der Waals surface area contributed by atoms with Crippen molar-refractivity contribution >= 4 is 15.9 Å². The van der Waals surface area contributed by atoms with Crippen molar-refractivity contribution in [2.75, 3.05) is 0 Å². The van der Waals surface area contributed by atoms with Crippen LogP contribution >= 0.6 is 0 Å². The summed E-state index contributed by atoms with van der Waals surface area (Å²) in [5, 5.41) is 0. The number of ether oxygens (including phenoxy) is 1. The van der Waals surface area contributed by atoms with Crippen LogP contribution in [0.3, 0.4) is 0 Å². The fraction of sp³-hybridized carbons (Fsp3) is 0.316. The van der Waals surface area contributed by atoms with Gasteiger partial charge in [-0.3, -0.25) is 4.79 Å². The number of rotatable bonds is 3. The van der Waals surface area contributed by atoms with Crippen LogP contribution in [0.4, 0.5) is 0 Å². The van der Waals surface area contributed by atoms with Gasteiger partial charge in [-0.25, -0.2) is 0 Å². The van der Waals surface area contributed by atoms with Gasteiger partial charge in [-0.2, -0.15) is 8.42 Å². The zero-order valence-corrected chi connectivity index (χ0v) is 15.4. The van der Waals surface area contributed by atoms with Gasteiger partial charge in [0.05, 0.1) is 12.0 Å². The van der Waals surface area contributed by atoms with E-state index >= 15 is 0 Å². The normalized spacial score (nSPS) is 16.1. The molecular weight excluding hydrogens is 340 g/mol. The van der Waals surface area contributed by atoms with Gasteiger partial charge in [0.25, 0.3) is 0 Å². The van der Waals surface area contributed by atoms with E-state index in [0.29, 0.717) is 16.9 Å². The monoisotopic (exact) mass is 360 g/mol. The van der Waals surface area contributed by atoms with Crippen molar-refractivity contribution in [3.8, 4) is 11.5 Å². The van der Waals surface area contributed by atoms with Crippen molar-refractivity contribution in [3.05, 3.63) is 53.1 Å². The van der Waals surface area contributed by atoms with Crippen LogP contribution in [0, 0.1) is 13.8 Å². The number of ketones is 1. The predicted molar refractivity (Wildman–Crippen MR) is 93.8 cm³/mol. The van der Waals surface area contributed by atoms with Crippen LogP contribution in [0.25, 0.3) is 0 Å². The lowest BCUT2D eigenvalue weighted by Crippen LogP contribution is -2.36. The van der Waals surface area contributed by atoms with Gasteiger partial charge in [0, 0.05) is 6.07 Å². The lowest BCUT2D eigenvalue weighted by Gasteiger charge is -2.32. The van der Waals surface area contributed by atoms with Gasteiger partial charge in [0.1, 0.15) is 22.0 Å². The van der Waals surface area contributed by atoms with Crippen molar-refractivity contribution in [1.82, 2.24) is 0 Å². The molecule has 6 heteroatoms. The lowest BCUT2D eigenvalue weighted by molar-refractivity contribution is 0.0618. The Hall–Kier alpha value is -2.34. The Kier molecular flexibility index (Phi) is 4.11. The third-order valence-electron chi connectivity index (χ3n) is 4.04. The molecule has 0 saturated carbocycles. The quantitative estimate of drug-likeness (QED) is 0.779. The van der Waals surface area contributed by atoms with Crippen molar-refractivity contribution in [1.29, 1.82) is 0 Å². The zero-order valence-electron chi connectivity index (χ0n) is 14.6. The summed E-state index contributed by atoms with van der Waals surface area (Å²) in [4.78, 5) is 12.4. The molecule has 25 heavy (non-hydrogen) atoms. The molecule has 0 saturated heterocycles. The molecule has 3 rings (SSSR count). The molecule has 0 fully saturated rings. The number of benzene rings is 2. The second kappa shape index (κ2) is 5.88. The highest BCUT2D eigenvalue weighted by Gasteiger charge is 2.34. The SMILES string of the molecule is Cc1ccc(S(=O)(=O)Oc2cc(C)c3c(c2)OC(C)(C)CC3=O)cc1. The lowest BCUT2D eigenvalue weighted by atomic mass is 9.90. The molecule has 0 unspecified atom stereocenters. The molecule has 0 amide bonds. The molecule has 5 nitrogen and oxygen atoms in total. The number of hydrogen-bond donors (Lipinski definition) is 0. The Bertz CT molecular complexity index is 941. The van der Waals surface area contributed by atoms with Crippen LogP contribution in [-0.2, 0) is 10.1 Å². The summed E-state index contributed by atoms with van der Waals surface area (Å²) >= 11 is 0. The molecule has 0 spiro atoms. The Morgan fingerprint density at radius 3 is 2.36 bits per heavy atom. The molecule has 2 aromatic rings. The minimum atomic E-state index is -3.96. The van der Waals surface area contributed by atoms with Crippen LogP contribution in [0.5, 0.6) is 11.5 Å². The largest absolute Gasteiger partial charge is 0.486 e. The van der Waals surface area contributed by atoms with Crippen molar-refractivity contribution < 1.29 is 22.1 Å². The molecule has 1 heterocycles. The maximum absolute atomic E-state index is 12.5. The Morgan fingerprint density at radius 2 is 1.72 bits per heavy atom. The Morgan fingerprint density at radius 1 is 1.08 bits per heavy atom. The Labute approximate surface area is 147 Å². The van der Waals surface area contributed by atoms with Gasteiger partial charge in [-0.1, -0.05) is 17.7 Å². The first kappa shape index (κ1) is 17.5. The molecule has 0 radical (unpaired) electrons. The van der Waals surface area contributed by atoms with Gasteiger partial charge in [0.15, 0.2) is 5.78 Å². The number of fused-ring (bicyclic) bond motifs is 1. The highest BCUT2D eigenvalue weighted by molar-refractivity contribution is 7.87. The van der Waals surface area contributed by atoms with E-state index in [1.54, 1.807) is 25.1 Å². The van der Waals surface area contributed by atoms with Crippen LogP contribution in [-0.4, -0.2) is 19.8 Å². The summed E-state index contributed by atoms with van der Waals surface area (Å²) in [5.74, 6) is 0.467. The summed E-state index contributed by atoms with van der Waals surface area (Å²) in [6.07, 6.45) is 0.280. The summed E-state index contributed by atoms with van der Waals surface area (Å²) < 4.78 is 36.0. The van der Waals surface area contributed by atoms with E-state index in [1.807, 2.05) is 20.8 Å². The first-order valence-corrected chi connectivity index (χ1v) is 9.36. The summed E-state index contributed by atoms with van der Waals surface area (Å²) in [6, 6.07) is 9.42. The van der Waals surface area contributed by atoms with E-state index in [2.05, 4.69) is 0 Å². The van der Waals surface area contributed by atoms with Crippen molar-refractivity contribution in [2.24, 2.45) is 0 Å². The molecule has 0 atom stereocenters. The summed E-state index contributed by atoms with van der Waals surface area (Å²) in [6.45, 7) is 7.25. The van der Waals surface area contributed by atoms with Gasteiger partial charge < -0.3 is 8.92 Å². The number of carbonyl (C=O) groups excluding carboxylic acids is 1. The maximum atomic E-state index is 12.5.